The van der Waals surface area contributed by atoms with Crippen LogP contribution in [0.5, 0.6) is 5.75 Å². The van der Waals surface area contributed by atoms with Gasteiger partial charge in [-0.15, -0.1) is 0 Å². The van der Waals surface area contributed by atoms with Crippen LogP contribution in [0.25, 0.3) is 6.08 Å². The molecule has 3 rings (SSSR count). The second kappa shape index (κ2) is 9.75. The van der Waals surface area contributed by atoms with Gasteiger partial charge in [-0.1, -0.05) is 30.3 Å². The second-order valence-corrected chi connectivity index (χ2v) is 7.11. The standard InChI is InChI=1S/C21H18N2O6S/c1-28-19(25)13-29-16-9-7-14(8-10-16)11-17-20(26)23(21(27)30-17)12-18(24)22-15-5-3-2-4-6-15/h2-11H,12-13H2,1H3,(H,22,24)/b17-11-. The lowest BCUT2D eigenvalue weighted by atomic mass is 10.2. The van der Waals surface area contributed by atoms with Crippen LogP contribution < -0.4 is 10.1 Å². The Morgan fingerprint density at radius 1 is 1.07 bits per heavy atom. The van der Waals surface area contributed by atoms with Gasteiger partial charge < -0.3 is 14.8 Å². The summed E-state index contributed by atoms with van der Waals surface area (Å²) in [5.74, 6) is -1.02. The highest BCUT2D eigenvalue weighted by Gasteiger charge is 2.36. The summed E-state index contributed by atoms with van der Waals surface area (Å²) in [6.45, 7) is -0.572. The zero-order chi connectivity index (χ0) is 21.5. The highest BCUT2D eigenvalue weighted by atomic mass is 32.2. The van der Waals surface area contributed by atoms with E-state index in [1.165, 1.54) is 7.11 Å². The van der Waals surface area contributed by atoms with E-state index in [0.717, 1.165) is 16.7 Å². The minimum absolute atomic E-state index is 0.209. The molecule has 0 saturated carbocycles. The third-order valence-corrected chi connectivity index (χ3v) is 4.90. The van der Waals surface area contributed by atoms with Gasteiger partial charge in [-0.2, -0.15) is 0 Å². The van der Waals surface area contributed by atoms with Crippen LogP contribution in [0.3, 0.4) is 0 Å². The topological polar surface area (TPSA) is 102 Å². The van der Waals surface area contributed by atoms with Crippen molar-refractivity contribution >= 4 is 46.5 Å². The van der Waals surface area contributed by atoms with Crippen LogP contribution in [0.15, 0.2) is 59.5 Å². The van der Waals surface area contributed by atoms with Crippen LogP contribution in [0.1, 0.15) is 5.56 Å². The van der Waals surface area contributed by atoms with Crippen LogP contribution in [0.2, 0.25) is 0 Å². The molecule has 154 valence electrons. The molecule has 0 aromatic heterocycles. The Bertz CT molecular complexity index is 988. The molecule has 1 N–H and O–H groups in total. The molecule has 1 heterocycles. The number of methoxy groups -OCH3 is 1. The zero-order valence-corrected chi connectivity index (χ0v) is 16.8. The van der Waals surface area contributed by atoms with E-state index in [4.69, 9.17) is 4.74 Å². The summed E-state index contributed by atoms with van der Waals surface area (Å²) in [4.78, 5) is 49.1. The van der Waals surface area contributed by atoms with Gasteiger partial charge in [0.2, 0.25) is 5.91 Å². The summed E-state index contributed by atoms with van der Waals surface area (Å²) in [6.07, 6.45) is 1.56. The molecule has 30 heavy (non-hydrogen) atoms. The van der Waals surface area contributed by atoms with E-state index >= 15 is 0 Å². The third kappa shape index (κ3) is 5.48. The molecule has 2 aromatic rings. The fourth-order valence-corrected chi connectivity index (χ4v) is 3.35. The van der Waals surface area contributed by atoms with Gasteiger partial charge in [0.1, 0.15) is 12.3 Å². The van der Waals surface area contributed by atoms with Crippen molar-refractivity contribution in [3.8, 4) is 5.75 Å². The van der Waals surface area contributed by atoms with Gasteiger partial charge in [-0.25, -0.2) is 4.79 Å². The van der Waals surface area contributed by atoms with Gasteiger partial charge in [0.25, 0.3) is 11.1 Å². The zero-order valence-electron chi connectivity index (χ0n) is 16.0. The van der Waals surface area contributed by atoms with Crippen molar-refractivity contribution in [1.29, 1.82) is 0 Å². The van der Waals surface area contributed by atoms with Crippen LogP contribution in [-0.2, 0) is 19.1 Å². The van der Waals surface area contributed by atoms with Gasteiger partial charge in [-0.3, -0.25) is 19.3 Å². The van der Waals surface area contributed by atoms with Crippen LogP contribution in [-0.4, -0.2) is 48.2 Å². The molecule has 0 atom stereocenters. The minimum Gasteiger partial charge on any atom is -0.482 e. The number of amides is 3. The van der Waals surface area contributed by atoms with E-state index in [1.807, 2.05) is 6.07 Å². The van der Waals surface area contributed by atoms with Crippen molar-refractivity contribution in [2.24, 2.45) is 0 Å². The SMILES string of the molecule is COC(=O)COc1ccc(/C=C2\SC(=O)N(CC(=O)Nc3ccccc3)C2=O)cc1. The highest BCUT2D eigenvalue weighted by Crippen LogP contribution is 2.32. The first-order valence-electron chi connectivity index (χ1n) is 8.86. The molecule has 0 radical (unpaired) electrons. The largest absolute Gasteiger partial charge is 0.482 e. The first kappa shape index (κ1) is 21.1. The fraction of sp³-hybridized carbons (Fsp3) is 0.143. The Morgan fingerprint density at radius 2 is 1.77 bits per heavy atom. The fourth-order valence-electron chi connectivity index (χ4n) is 2.51. The maximum Gasteiger partial charge on any atom is 0.343 e. The maximum atomic E-state index is 12.5. The summed E-state index contributed by atoms with van der Waals surface area (Å²) in [7, 11) is 1.27. The lowest BCUT2D eigenvalue weighted by molar-refractivity contribution is -0.142. The van der Waals surface area contributed by atoms with Crippen molar-refractivity contribution in [1.82, 2.24) is 4.90 Å². The van der Waals surface area contributed by atoms with E-state index < -0.39 is 23.0 Å². The highest BCUT2D eigenvalue weighted by molar-refractivity contribution is 8.18. The van der Waals surface area contributed by atoms with Crippen molar-refractivity contribution < 1.29 is 28.7 Å². The molecule has 0 bridgehead atoms. The number of hydrogen-bond acceptors (Lipinski definition) is 7. The van der Waals surface area contributed by atoms with Gasteiger partial charge in [-0.05, 0) is 47.7 Å². The average molecular weight is 426 g/mol. The van der Waals surface area contributed by atoms with E-state index in [9.17, 15) is 19.2 Å². The number of nitrogens with zero attached hydrogens (tertiary/aromatic N) is 1. The Kier molecular flexibility index (Phi) is 6.87. The van der Waals surface area contributed by atoms with Gasteiger partial charge in [0, 0.05) is 5.69 Å². The molecule has 1 fully saturated rings. The number of ether oxygens (including phenoxy) is 2. The summed E-state index contributed by atoms with van der Waals surface area (Å²) < 4.78 is 9.76. The van der Waals surface area contributed by atoms with Gasteiger partial charge in [0.15, 0.2) is 6.61 Å². The molecule has 0 aliphatic carbocycles. The van der Waals surface area contributed by atoms with Gasteiger partial charge in [0.05, 0.1) is 12.0 Å². The average Bonchev–Trinajstić information content (AvgIpc) is 3.01. The second-order valence-electron chi connectivity index (χ2n) is 6.12. The first-order valence-corrected chi connectivity index (χ1v) is 9.68. The molecule has 9 heteroatoms. The van der Waals surface area contributed by atoms with Crippen molar-refractivity contribution in [2.45, 2.75) is 0 Å². The summed E-state index contributed by atoms with van der Waals surface area (Å²) >= 11 is 0.772. The predicted octanol–water partition coefficient (Wildman–Crippen LogP) is 2.91. The first-order chi connectivity index (χ1) is 14.5. The van der Waals surface area contributed by atoms with Crippen LogP contribution in [0, 0.1) is 0 Å². The normalized spacial score (nSPS) is 14.7. The molecule has 3 amide bonds. The molecule has 0 unspecified atom stereocenters. The molecular weight excluding hydrogens is 408 g/mol. The van der Waals surface area contributed by atoms with Crippen molar-refractivity contribution in [3.63, 3.8) is 0 Å². The Balaban J connectivity index is 1.61. The van der Waals surface area contributed by atoms with Gasteiger partial charge >= 0.3 is 5.97 Å². The number of hydrogen-bond donors (Lipinski definition) is 1. The molecule has 1 aliphatic rings. The number of anilines is 1. The molecule has 8 nitrogen and oxygen atoms in total. The number of carbonyl (C=O) groups excluding carboxylic acids is 4. The van der Waals surface area contributed by atoms with E-state index in [0.29, 0.717) is 17.0 Å². The molecule has 1 aliphatic heterocycles. The van der Waals surface area contributed by atoms with Crippen molar-refractivity contribution in [2.75, 3.05) is 25.6 Å². The quantitative estimate of drug-likeness (QED) is 0.536. The number of carbonyl (C=O) groups is 4. The molecular formula is C21H18N2O6S. The molecule has 1 saturated heterocycles. The van der Waals surface area contributed by atoms with E-state index in [-0.39, 0.29) is 18.1 Å². The monoisotopic (exact) mass is 426 g/mol. The predicted molar refractivity (Wildman–Crippen MR) is 112 cm³/mol. The van der Waals surface area contributed by atoms with Crippen molar-refractivity contribution in [3.05, 3.63) is 65.1 Å². The van der Waals surface area contributed by atoms with E-state index in [1.54, 1.807) is 54.6 Å². The summed E-state index contributed by atoms with van der Waals surface area (Å²) in [6, 6.07) is 15.4. The maximum absolute atomic E-state index is 12.5. The summed E-state index contributed by atoms with van der Waals surface area (Å²) in [5.41, 5.74) is 1.25. The Hall–Kier alpha value is -3.59. The number of thioether (sulfide) groups is 1. The Morgan fingerprint density at radius 3 is 2.43 bits per heavy atom. The van der Waals surface area contributed by atoms with Crippen LogP contribution in [0.4, 0.5) is 10.5 Å². The molecule has 0 spiro atoms. The third-order valence-electron chi connectivity index (χ3n) is 4.00. The summed E-state index contributed by atoms with van der Waals surface area (Å²) in [5, 5.41) is 2.14. The van der Waals surface area contributed by atoms with E-state index in [2.05, 4.69) is 10.1 Å². The van der Waals surface area contributed by atoms with Crippen LogP contribution >= 0.6 is 11.8 Å². The lowest BCUT2D eigenvalue weighted by Gasteiger charge is -2.12. The number of rotatable bonds is 7. The smallest absolute Gasteiger partial charge is 0.343 e. The molecule has 2 aromatic carbocycles. The number of imide groups is 1. The number of benzene rings is 2. The number of nitrogens with one attached hydrogen (secondary N) is 1. The minimum atomic E-state index is -0.528. The lowest BCUT2D eigenvalue weighted by Crippen LogP contribution is -2.36. The number of esters is 1. The number of para-hydroxylation sites is 1. The Labute approximate surface area is 176 Å².